The Labute approximate surface area is 112 Å². The molecular weight excluding hydrogens is 246 g/mol. The fourth-order valence-electron chi connectivity index (χ4n) is 2.36. The Balaban J connectivity index is 1.89. The molecule has 2 heterocycles. The van der Waals surface area contributed by atoms with Gasteiger partial charge in [0.05, 0.1) is 5.60 Å². The van der Waals surface area contributed by atoms with Crippen LogP contribution in [0.1, 0.15) is 45.4 Å². The molecule has 0 aliphatic carbocycles. The number of tetrazole rings is 1. The zero-order chi connectivity index (χ0) is 14.0. The van der Waals surface area contributed by atoms with Gasteiger partial charge >= 0.3 is 0 Å². The maximum atomic E-state index is 12.3. The van der Waals surface area contributed by atoms with Crippen molar-refractivity contribution >= 4 is 5.91 Å². The molecule has 1 aliphatic rings. The molecule has 7 heteroatoms. The second-order valence-corrected chi connectivity index (χ2v) is 5.79. The van der Waals surface area contributed by atoms with Gasteiger partial charge in [-0.15, -0.1) is 10.2 Å². The Morgan fingerprint density at radius 2 is 2.37 bits per heavy atom. The summed E-state index contributed by atoms with van der Waals surface area (Å²) in [6.07, 6.45) is 1.38. The molecule has 0 radical (unpaired) electrons. The highest BCUT2D eigenvalue weighted by Gasteiger charge is 2.37. The summed E-state index contributed by atoms with van der Waals surface area (Å²) in [5.74, 6) is 0.690. The van der Waals surface area contributed by atoms with Gasteiger partial charge in [-0.3, -0.25) is 4.79 Å². The fourth-order valence-corrected chi connectivity index (χ4v) is 2.36. The predicted octanol–water partition coefficient (Wildman–Crippen LogP) is 0.719. The molecule has 2 rings (SSSR count). The van der Waals surface area contributed by atoms with E-state index in [2.05, 4.69) is 20.6 Å². The van der Waals surface area contributed by atoms with Gasteiger partial charge in [-0.1, -0.05) is 12.1 Å². The van der Waals surface area contributed by atoms with Crippen molar-refractivity contribution < 1.29 is 9.53 Å². The molecule has 0 spiro atoms. The molecule has 19 heavy (non-hydrogen) atoms. The van der Waals surface area contributed by atoms with E-state index in [0.29, 0.717) is 12.4 Å². The van der Waals surface area contributed by atoms with Crippen molar-refractivity contribution in [1.82, 2.24) is 25.5 Å². The smallest absolute Gasteiger partial charge is 0.251 e. The number of likely N-dealkylation sites (N-methyl/N-ethyl adjacent to an activating group) is 1. The van der Waals surface area contributed by atoms with Gasteiger partial charge in [0.1, 0.15) is 6.10 Å². The van der Waals surface area contributed by atoms with E-state index >= 15 is 0 Å². The molecule has 1 aliphatic heterocycles. The van der Waals surface area contributed by atoms with Crippen LogP contribution in [0.4, 0.5) is 0 Å². The first-order valence-corrected chi connectivity index (χ1v) is 6.55. The van der Waals surface area contributed by atoms with Crippen molar-refractivity contribution in [2.24, 2.45) is 0 Å². The summed E-state index contributed by atoms with van der Waals surface area (Å²) < 4.78 is 5.76. The van der Waals surface area contributed by atoms with Crippen LogP contribution in [0.3, 0.4) is 0 Å². The lowest BCUT2D eigenvalue weighted by Crippen LogP contribution is -2.39. The maximum absolute atomic E-state index is 12.3. The average molecular weight is 267 g/mol. The molecule has 106 valence electrons. The third-order valence-electron chi connectivity index (χ3n) is 3.47. The first kappa shape index (κ1) is 13.9. The summed E-state index contributed by atoms with van der Waals surface area (Å²) in [5.41, 5.74) is -0.194. The highest BCUT2D eigenvalue weighted by molar-refractivity contribution is 5.81. The standard InChI is InChI=1S/C12H21N5O2/c1-8(10-13-15-16-14-10)7-17(4)11(18)9-5-6-12(2,3)19-9/h8-9H,5-7H2,1-4H3,(H,13,14,15,16). The lowest BCUT2D eigenvalue weighted by molar-refractivity contribution is -0.145. The van der Waals surface area contributed by atoms with Crippen LogP contribution in [-0.2, 0) is 9.53 Å². The van der Waals surface area contributed by atoms with E-state index in [9.17, 15) is 4.79 Å². The third kappa shape index (κ3) is 3.28. The molecule has 2 atom stereocenters. The Morgan fingerprint density at radius 1 is 1.63 bits per heavy atom. The average Bonchev–Trinajstić information content (AvgIpc) is 2.96. The monoisotopic (exact) mass is 267 g/mol. The Bertz CT molecular complexity index is 431. The van der Waals surface area contributed by atoms with E-state index in [-0.39, 0.29) is 23.5 Å². The van der Waals surface area contributed by atoms with E-state index in [1.54, 1.807) is 11.9 Å². The largest absolute Gasteiger partial charge is 0.363 e. The van der Waals surface area contributed by atoms with Crippen LogP contribution in [0.2, 0.25) is 0 Å². The molecule has 1 aromatic rings. The van der Waals surface area contributed by atoms with Crippen LogP contribution >= 0.6 is 0 Å². The van der Waals surface area contributed by atoms with E-state index in [1.807, 2.05) is 20.8 Å². The SMILES string of the molecule is CC(CN(C)C(=O)C1CCC(C)(C)O1)c1nn[nH]n1. The van der Waals surface area contributed by atoms with Crippen LogP contribution in [-0.4, -0.2) is 56.7 Å². The van der Waals surface area contributed by atoms with Crippen molar-refractivity contribution in [3.05, 3.63) is 5.82 Å². The molecule has 0 saturated carbocycles. The van der Waals surface area contributed by atoms with Crippen molar-refractivity contribution in [3.8, 4) is 0 Å². The summed E-state index contributed by atoms with van der Waals surface area (Å²) in [6.45, 7) is 6.55. The number of carbonyl (C=O) groups is 1. The van der Waals surface area contributed by atoms with E-state index < -0.39 is 0 Å². The fraction of sp³-hybridized carbons (Fsp3) is 0.833. The number of aromatic amines is 1. The van der Waals surface area contributed by atoms with E-state index in [1.165, 1.54) is 0 Å². The minimum Gasteiger partial charge on any atom is -0.363 e. The molecule has 1 N–H and O–H groups in total. The molecule has 2 unspecified atom stereocenters. The molecule has 1 amide bonds. The number of aromatic nitrogens is 4. The summed E-state index contributed by atoms with van der Waals surface area (Å²) in [7, 11) is 1.79. The quantitative estimate of drug-likeness (QED) is 0.869. The topological polar surface area (TPSA) is 84.0 Å². The van der Waals surface area contributed by atoms with Gasteiger partial charge in [0.25, 0.3) is 5.91 Å². The zero-order valence-electron chi connectivity index (χ0n) is 11.9. The Hall–Kier alpha value is -1.50. The summed E-state index contributed by atoms with van der Waals surface area (Å²) in [6, 6.07) is 0. The molecule has 1 aromatic heterocycles. The van der Waals surface area contributed by atoms with Crippen LogP contribution in [0, 0.1) is 0 Å². The molecule has 7 nitrogen and oxygen atoms in total. The molecule has 0 aromatic carbocycles. The minimum absolute atomic E-state index is 0.0286. The Morgan fingerprint density at radius 3 is 2.89 bits per heavy atom. The normalized spacial score (nSPS) is 23.3. The summed E-state index contributed by atoms with van der Waals surface area (Å²) >= 11 is 0. The lowest BCUT2D eigenvalue weighted by atomic mass is 10.1. The number of hydrogen-bond donors (Lipinski definition) is 1. The van der Waals surface area contributed by atoms with Gasteiger partial charge in [-0.25, -0.2) is 0 Å². The van der Waals surface area contributed by atoms with E-state index in [4.69, 9.17) is 4.74 Å². The zero-order valence-corrected chi connectivity index (χ0v) is 11.9. The van der Waals surface area contributed by atoms with Crippen molar-refractivity contribution in [3.63, 3.8) is 0 Å². The van der Waals surface area contributed by atoms with Gasteiger partial charge in [0.15, 0.2) is 5.82 Å². The number of ether oxygens (including phenoxy) is 1. The van der Waals surface area contributed by atoms with Crippen molar-refractivity contribution in [2.75, 3.05) is 13.6 Å². The predicted molar refractivity (Wildman–Crippen MR) is 68.4 cm³/mol. The Kier molecular flexibility index (Phi) is 3.84. The summed E-state index contributed by atoms with van der Waals surface area (Å²) in [5, 5.41) is 13.8. The molecule has 1 saturated heterocycles. The van der Waals surface area contributed by atoms with Crippen molar-refractivity contribution in [1.29, 1.82) is 0 Å². The second-order valence-electron chi connectivity index (χ2n) is 5.79. The third-order valence-corrected chi connectivity index (χ3v) is 3.47. The van der Waals surface area contributed by atoms with E-state index in [0.717, 1.165) is 12.8 Å². The number of H-pyrrole nitrogens is 1. The summed E-state index contributed by atoms with van der Waals surface area (Å²) in [4.78, 5) is 14.0. The van der Waals surface area contributed by atoms with Crippen LogP contribution in [0.25, 0.3) is 0 Å². The highest BCUT2D eigenvalue weighted by Crippen LogP contribution is 2.30. The highest BCUT2D eigenvalue weighted by atomic mass is 16.5. The van der Waals surface area contributed by atoms with Gasteiger partial charge in [-0.2, -0.15) is 5.21 Å². The number of carbonyl (C=O) groups excluding carboxylic acids is 1. The number of nitrogens with one attached hydrogen (secondary N) is 1. The van der Waals surface area contributed by atoms with Gasteiger partial charge in [0, 0.05) is 19.5 Å². The first-order chi connectivity index (χ1) is 8.89. The number of rotatable bonds is 4. The van der Waals surface area contributed by atoms with Crippen molar-refractivity contribution in [2.45, 2.75) is 51.2 Å². The molecule has 1 fully saturated rings. The van der Waals surface area contributed by atoms with Crippen LogP contribution in [0.15, 0.2) is 0 Å². The van der Waals surface area contributed by atoms with Crippen LogP contribution in [0.5, 0.6) is 0 Å². The minimum atomic E-state index is -0.322. The molecular formula is C12H21N5O2. The van der Waals surface area contributed by atoms with Crippen LogP contribution < -0.4 is 0 Å². The maximum Gasteiger partial charge on any atom is 0.251 e. The second kappa shape index (κ2) is 5.24. The molecule has 0 bridgehead atoms. The number of hydrogen-bond acceptors (Lipinski definition) is 5. The van der Waals surface area contributed by atoms with Gasteiger partial charge in [0.2, 0.25) is 0 Å². The van der Waals surface area contributed by atoms with Gasteiger partial charge in [-0.05, 0) is 26.7 Å². The lowest BCUT2D eigenvalue weighted by Gasteiger charge is -2.24. The van der Waals surface area contributed by atoms with Gasteiger partial charge < -0.3 is 9.64 Å². The first-order valence-electron chi connectivity index (χ1n) is 6.55. The number of amides is 1. The number of nitrogens with zero attached hydrogens (tertiary/aromatic N) is 4.